The van der Waals surface area contributed by atoms with Crippen molar-refractivity contribution in [2.75, 3.05) is 0 Å². The first kappa shape index (κ1) is 30.7. The van der Waals surface area contributed by atoms with Crippen molar-refractivity contribution in [2.45, 2.75) is 125 Å². The van der Waals surface area contributed by atoms with Gasteiger partial charge in [0.05, 0.1) is 0 Å². The number of ether oxygens (including phenoxy) is 1. The Bertz CT molecular complexity index is 934. The van der Waals surface area contributed by atoms with E-state index in [4.69, 9.17) is 4.74 Å². The molecule has 1 aliphatic rings. The van der Waals surface area contributed by atoms with E-state index >= 15 is 0 Å². The van der Waals surface area contributed by atoms with Crippen LogP contribution in [0.3, 0.4) is 0 Å². The van der Waals surface area contributed by atoms with Crippen molar-refractivity contribution < 1.29 is 19.1 Å². The van der Waals surface area contributed by atoms with Crippen LogP contribution in [0.5, 0.6) is 0 Å². The number of alkyl carbamates (subject to hydrolysis) is 1. The zero-order valence-corrected chi connectivity index (χ0v) is 24.6. The van der Waals surface area contributed by atoms with Crippen molar-refractivity contribution in [1.29, 1.82) is 0 Å². The lowest BCUT2D eigenvalue weighted by atomic mass is 9.91. The average molecular weight is 516 g/mol. The third kappa shape index (κ3) is 8.21. The van der Waals surface area contributed by atoms with Crippen molar-refractivity contribution >= 4 is 17.9 Å². The Hall–Kier alpha value is -2.57. The van der Waals surface area contributed by atoms with E-state index in [1.54, 1.807) is 25.7 Å². The molecular weight excluding hydrogens is 466 g/mol. The number of nitrogens with one attached hydrogen (secondary N) is 2. The van der Waals surface area contributed by atoms with Crippen LogP contribution in [0, 0.1) is 25.7 Å². The molecule has 0 heterocycles. The van der Waals surface area contributed by atoms with E-state index in [2.05, 4.69) is 24.5 Å². The number of amides is 3. The predicted molar refractivity (Wildman–Crippen MR) is 148 cm³/mol. The van der Waals surface area contributed by atoms with Crippen molar-refractivity contribution in [3.05, 3.63) is 34.9 Å². The molecule has 0 radical (unpaired) electrons. The molecule has 0 aliphatic heterocycles. The molecule has 6 unspecified atom stereocenters. The van der Waals surface area contributed by atoms with Gasteiger partial charge in [-0.15, -0.1) is 0 Å². The van der Waals surface area contributed by atoms with E-state index in [1.165, 1.54) is 0 Å². The molecule has 0 saturated heterocycles. The van der Waals surface area contributed by atoms with Crippen LogP contribution >= 0.6 is 0 Å². The van der Waals surface area contributed by atoms with Gasteiger partial charge >= 0.3 is 6.09 Å². The lowest BCUT2D eigenvalue weighted by molar-refractivity contribution is -0.144. The second kappa shape index (κ2) is 12.8. The first-order valence-electron chi connectivity index (χ1n) is 13.9. The summed E-state index contributed by atoms with van der Waals surface area (Å²) < 4.78 is 5.50. The van der Waals surface area contributed by atoms with Crippen LogP contribution in [0.4, 0.5) is 4.79 Å². The number of hydrogen-bond acceptors (Lipinski definition) is 4. The second-order valence-electron chi connectivity index (χ2n) is 11.9. The van der Waals surface area contributed by atoms with Crippen molar-refractivity contribution in [3.8, 4) is 0 Å². The van der Waals surface area contributed by atoms with E-state index < -0.39 is 23.8 Å². The van der Waals surface area contributed by atoms with Crippen LogP contribution in [0.15, 0.2) is 18.2 Å². The molecule has 0 aromatic heterocycles. The highest BCUT2D eigenvalue weighted by Crippen LogP contribution is 2.42. The summed E-state index contributed by atoms with van der Waals surface area (Å²) in [7, 11) is 0. The normalized spacial score (nSPS) is 20.3. The maximum Gasteiger partial charge on any atom is 0.408 e. The number of benzene rings is 1. The minimum absolute atomic E-state index is 0.0110. The zero-order valence-electron chi connectivity index (χ0n) is 24.6. The van der Waals surface area contributed by atoms with E-state index in [0.29, 0.717) is 6.42 Å². The molecule has 6 atom stereocenters. The van der Waals surface area contributed by atoms with Crippen LogP contribution < -0.4 is 10.6 Å². The summed E-state index contributed by atoms with van der Waals surface area (Å²) in [5, 5.41) is 6.03. The molecule has 0 bridgehead atoms. The summed E-state index contributed by atoms with van der Waals surface area (Å²) >= 11 is 0. The van der Waals surface area contributed by atoms with Crippen LogP contribution in [0.2, 0.25) is 0 Å². The minimum atomic E-state index is -0.805. The molecule has 208 valence electrons. The summed E-state index contributed by atoms with van der Waals surface area (Å²) in [5.74, 6) is -0.278. The van der Waals surface area contributed by atoms with Gasteiger partial charge < -0.3 is 20.3 Å². The summed E-state index contributed by atoms with van der Waals surface area (Å²) in [6, 6.07) is 4.28. The smallest absolute Gasteiger partial charge is 0.408 e. The zero-order chi connectivity index (χ0) is 28.1. The molecule has 1 saturated carbocycles. The third-order valence-electron chi connectivity index (χ3n) is 7.28. The van der Waals surface area contributed by atoms with Crippen LogP contribution in [-0.4, -0.2) is 46.5 Å². The summed E-state index contributed by atoms with van der Waals surface area (Å²) in [4.78, 5) is 42.9. The Labute approximate surface area is 224 Å². The summed E-state index contributed by atoms with van der Waals surface area (Å²) in [5.41, 5.74) is 2.11. The molecule has 1 aromatic carbocycles. The summed E-state index contributed by atoms with van der Waals surface area (Å²) in [6.07, 6.45) is 2.70. The number of rotatable bonds is 11. The lowest BCUT2D eigenvalue weighted by Gasteiger charge is -2.38. The molecule has 2 N–H and O–H groups in total. The Morgan fingerprint density at radius 1 is 1.08 bits per heavy atom. The number of carbonyl (C=O) groups is 3. The van der Waals surface area contributed by atoms with Crippen LogP contribution in [-0.2, 0) is 14.3 Å². The second-order valence-corrected chi connectivity index (χ2v) is 11.9. The summed E-state index contributed by atoms with van der Waals surface area (Å²) in [6.45, 7) is 19.5. The topological polar surface area (TPSA) is 87.7 Å². The highest BCUT2D eigenvalue weighted by molar-refractivity contribution is 5.93. The number of carbonyl (C=O) groups excluding carboxylic acids is 3. The Kier molecular flexibility index (Phi) is 10.6. The van der Waals surface area contributed by atoms with Gasteiger partial charge in [-0.1, -0.05) is 58.7 Å². The van der Waals surface area contributed by atoms with Crippen molar-refractivity contribution in [3.63, 3.8) is 0 Å². The molecule has 2 rings (SSSR count). The van der Waals surface area contributed by atoms with Gasteiger partial charge in [-0.25, -0.2) is 4.79 Å². The fourth-order valence-corrected chi connectivity index (χ4v) is 4.93. The van der Waals surface area contributed by atoms with E-state index in [9.17, 15) is 14.4 Å². The van der Waals surface area contributed by atoms with Crippen molar-refractivity contribution in [1.82, 2.24) is 15.5 Å². The van der Waals surface area contributed by atoms with E-state index in [1.807, 2.05) is 52.8 Å². The first-order chi connectivity index (χ1) is 17.2. The molecular formula is C30H49N3O4. The molecule has 1 fully saturated rings. The monoisotopic (exact) mass is 515 g/mol. The quantitative estimate of drug-likeness (QED) is 0.388. The average Bonchev–Trinajstić information content (AvgIpc) is 3.50. The number of hydrogen-bond donors (Lipinski definition) is 2. The fourth-order valence-electron chi connectivity index (χ4n) is 4.93. The third-order valence-corrected chi connectivity index (χ3v) is 7.28. The van der Waals surface area contributed by atoms with Gasteiger partial charge in [0, 0.05) is 12.1 Å². The fraction of sp³-hybridized carbons (Fsp3) is 0.700. The molecule has 7 nitrogen and oxygen atoms in total. The lowest BCUT2D eigenvalue weighted by Crippen LogP contribution is -2.56. The largest absolute Gasteiger partial charge is 0.444 e. The highest BCUT2D eigenvalue weighted by Gasteiger charge is 2.49. The molecule has 1 aliphatic carbocycles. The van der Waals surface area contributed by atoms with Crippen LogP contribution in [0.25, 0.3) is 0 Å². The highest BCUT2D eigenvalue weighted by atomic mass is 16.6. The maximum atomic E-state index is 14.4. The minimum Gasteiger partial charge on any atom is -0.444 e. The Balaban J connectivity index is 2.58. The maximum absolute atomic E-state index is 14.4. The van der Waals surface area contributed by atoms with Crippen LogP contribution in [0.1, 0.15) is 104 Å². The van der Waals surface area contributed by atoms with Gasteiger partial charge in [-0.05, 0) is 82.9 Å². The van der Waals surface area contributed by atoms with Gasteiger partial charge in [-0.2, -0.15) is 0 Å². The van der Waals surface area contributed by atoms with Gasteiger partial charge in [0.2, 0.25) is 11.8 Å². The molecule has 1 aromatic rings. The standard InChI is InChI=1S/C30H49N3O4/c1-11-14-22(7)31-27(34)26(24-19(4)15-13-16-20(24)5)33(23-17-21(23)6)28(35)25(18(3)12-2)32-29(36)37-30(8,9)10/h13,15-16,18,21-23,25-26H,11-12,14,17H2,1-10H3,(H,31,34)(H,32,36). The Morgan fingerprint density at radius 2 is 1.65 bits per heavy atom. The van der Waals surface area contributed by atoms with Gasteiger partial charge in [-0.3, -0.25) is 9.59 Å². The van der Waals surface area contributed by atoms with E-state index in [0.717, 1.165) is 36.0 Å². The van der Waals surface area contributed by atoms with Gasteiger partial charge in [0.1, 0.15) is 17.7 Å². The molecule has 3 amide bonds. The van der Waals surface area contributed by atoms with Crippen molar-refractivity contribution in [2.24, 2.45) is 11.8 Å². The van der Waals surface area contributed by atoms with Gasteiger partial charge in [0.25, 0.3) is 0 Å². The number of nitrogens with zero attached hydrogens (tertiary/aromatic N) is 1. The first-order valence-corrected chi connectivity index (χ1v) is 13.9. The Morgan fingerprint density at radius 3 is 2.11 bits per heavy atom. The molecule has 37 heavy (non-hydrogen) atoms. The molecule has 7 heteroatoms. The predicted octanol–water partition coefficient (Wildman–Crippen LogP) is 5.83. The SMILES string of the molecule is CCCC(C)NC(=O)C(c1c(C)cccc1C)N(C(=O)C(NC(=O)OC(C)(C)C)C(C)CC)C1CC1C. The molecule has 0 spiro atoms. The van der Waals surface area contributed by atoms with E-state index in [-0.39, 0.29) is 35.7 Å². The number of aryl methyl sites for hydroxylation is 2. The van der Waals surface area contributed by atoms with Gasteiger partial charge in [0.15, 0.2) is 0 Å².